The van der Waals surface area contributed by atoms with Crippen molar-refractivity contribution in [1.82, 2.24) is 0 Å². The van der Waals surface area contributed by atoms with Gasteiger partial charge < -0.3 is 10.5 Å². The second kappa shape index (κ2) is 3.58. The van der Waals surface area contributed by atoms with E-state index < -0.39 is 0 Å². The van der Waals surface area contributed by atoms with Gasteiger partial charge in [-0.1, -0.05) is 0 Å². The van der Waals surface area contributed by atoms with Gasteiger partial charge in [-0.15, -0.1) is 0 Å². The molecule has 1 aromatic rings. The fourth-order valence-electron chi connectivity index (χ4n) is 0.753. The maximum Gasteiger partial charge on any atom is 0.308 e. The van der Waals surface area contributed by atoms with Crippen molar-refractivity contribution in [2.24, 2.45) is 0 Å². The molecule has 0 amide bonds. The highest BCUT2D eigenvalue weighted by molar-refractivity contribution is 9.10. The van der Waals surface area contributed by atoms with E-state index in [9.17, 15) is 4.79 Å². The van der Waals surface area contributed by atoms with Crippen LogP contribution in [-0.4, -0.2) is 5.97 Å². The Hall–Kier alpha value is -1.03. The van der Waals surface area contributed by atoms with Crippen LogP contribution in [0.3, 0.4) is 0 Å². The maximum atomic E-state index is 10.6. The van der Waals surface area contributed by atoms with Crippen LogP contribution in [0, 0.1) is 0 Å². The standard InChI is InChI=1S/C8H8BrNO2/c1-5(11)12-8-4-6(10)2-3-7(8)9/h2-4H,10H2,1H3. The van der Waals surface area contributed by atoms with E-state index in [1.54, 1.807) is 18.2 Å². The van der Waals surface area contributed by atoms with Crippen LogP contribution in [-0.2, 0) is 4.79 Å². The molecular formula is C8H8BrNO2. The maximum absolute atomic E-state index is 10.6. The lowest BCUT2D eigenvalue weighted by molar-refractivity contribution is -0.131. The zero-order valence-corrected chi connectivity index (χ0v) is 8.09. The normalized spacial score (nSPS) is 9.50. The molecule has 0 bridgehead atoms. The molecule has 2 N–H and O–H groups in total. The molecule has 0 atom stereocenters. The number of hydrogen-bond donors (Lipinski definition) is 1. The first-order chi connectivity index (χ1) is 5.59. The van der Waals surface area contributed by atoms with E-state index in [0.717, 1.165) is 0 Å². The van der Waals surface area contributed by atoms with Crippen molar-refractivity contribution in [3.63, 3.8) is 0 Å². The van der Waals surface area contributed by atoms with Crippen molar-refractivity contribution in [3.8, 4) is 5.75 Å². The Morgan fingerprint density at radius 1 is 1.58 bits per heavy atom. The van der Waals surface area contributed by atoms with Crippen molar-refractivity contribution in [2.75, 3.05) is 5.73 Å². The Bertz CT molecular complexity index is 312. The third kappa shape index (κ3) is 2.23. The predicted octanol–water partition coefficient (Wildman–Crippen LogP) is 1.96. The summed E-state index contributed by atoms with van der Waals surface area (Å²) in [7, 11) is 0. The number of ether oxygens (including phenoxy) is 1. The van der Waals surface area contributed by atoms with Crippen LogP contribution in [0.1, 0.15) is 6.92 Å². The van der Waals surface area contributed by atoms with Gasteiger partial charge >= 0.3 is 5.97 Å². The quantitative estimate of drug-likeness (QED) is 0.455. The first kappa shape index (κ1) is 9.06. The summed E-state index contributed by atoms with van der Waals surface area (Å²) < 4.78 is 5.57. The van der Waals surface area contributed by atoms with E-state index in [2.05, 4.69) is 15.9 Å². The molecular weight excluding hydrogens is 222 g/mol. The Kier molecular flexibility index (Phi) is 2.70. The van der Waals surface area contributed by atoms with E-state index in [1.807, 2.05) is 0 Å². The SMILES string of the molecule is CC(=O)Oc1cc(N)ccc1Br. The number of carbonyl (C=O) groups excluding carboxylic acids is 1. The van der Waals surface area contributed by atoms with Gasteiger partial charge in [-0.25, -0.2) is 0 Å². The fraction of sp³-hybridized carbons (Fsp3) is 0.125. The molecule has 12 heavy (non-hydrogen) atoms. The number of esters is 1. The minimum absolute atomic E-state index is 0.360. The lowest BCUT2D eigenvalue weighted by Gasteiger charge is -2.03. The highest BCUT2D eigenvalue weighted by Gasteiger charge is 2.03. The number of rotatable bonds is 1. The summed E-state index contributed by atoms with van der Waals surface area (Å²) in [5.41, 5.74) is 6.06. The number of halogens is 1. The molecule has 0 aliphatic heterocycles. The van der Waals surface area contributed by atoms with Crippen LogP contribution in [0.4, 0.5) is 5.69 Å². The predicted molar refractivity (Wildman–Crippen MR) is 49.9 cm³/mol. The summed E-state index contributed by atoms with van der Waals surface area (Å²) in [6, 6.07) is 5.04. The number of benzene rings is 1. The third-order valence-electron chi connectivity index (χ3n) is 1.21. The molecule has 0 spiro atoms. The van der Waals surface area contributed by atoms with E-state index in [0.29, 0.717) is 15.9 Å². The first-order valence-electron chi connectivity index (χ1n) is 3.33. The van der Waals surface area contributed by atoms with Crippen molar-refractivity contribution in [1.29, 1.82) is 0 Å². The van der Waals surface area contributed by atoms with Gasteiger partial charge in [0.1, 0.15) is 5.75 Å². The third-order valence-corrected chi connectivity index (χ3v) is 1.86. The monoisotopic (exact) mass is 229 g/mol. The van der Waals surface area contributed by atoms with E-state index in [1.165, 1.54) is 6.92 Å². The highest BCUT2D eigenvalue weighted by Crippen LogP contribution is 2.26. The van der Waals surface area contributed by atoms with Crippen LogP contribution in [0.5, 0.6) is 5.75 Å². The molecule has 0 radical (unpaired) electrons. The lowest BCUT2D eigenvalue weighted by atomic mass is 10.3. The van der Waals surface area contributed by atoms with E-state index >= 15 is 0 Å². The number of carbonyl (C=O) groups is 1. The Balaban J connectivity index is 2.97. The number of hydrogen-bond acceptors (Lipinski definition) is 3. The lowest BCUT2D eigenvalue weighted by Crippen LogP contribution is -2.02. The Morgan fingerprint density at radius 2 is 2.25 bits per heavy atom. The molecule has 1 rings (SSSR count). The molecule has 3 nitrogen and oxygen atoms in total. The van der Waals surface area contributed by atoms with Crippen molar-refractivity contribution in [2.45, 2.75) is 6.92 Å². The molecule has 0 unspecified atom stereocenters. The molecule has 0 fully saturated rings. The topological polar surface area (TPSA) is 52.3 Å². The molecule has 4 heteroatoms. The second-order valence-electron chi connectivity index (χ2n) is 2.28. The van der Waals surface area contributed by atoms with Crippen molar-refractivity contribution in [3.05, 3.63) is 22.7 Å². The van der Waals surface area contributed by atoms with Crippen molar-refractivity contribution >= 4 is 27.6 Å². The van der Waals surface area contributed by atoms with Gasteiger partial charge in [-0.05, 0) is 28.1 Å². The molecule has 64 valence electrons. The molecule has 0 saturated heterocycles. The summed E-state index contributed by atoms with van der Waals surface area (Å²) in [6.07, 6.45) is 0. The molecule has 0 heterocycles. The highest BCUT2D eigenvalue weighted by atomic mass is 79.9. The van der Waals surface area contributed by atoms with Crippen molar-refractivity contribution < 1.29 is 9.53 Å². The van der Waals surface area contributed by atoms with Gasteiger partial charge in [-0.3, -0.25) is 4.79 Å². The van der Waals surface area contributed by atoms with Gasteiger partial charge in [0.25, 0.3) is 0 Å². The fourth-order valence-corrected chi connectivity index (χ4v) is 1.08. The number of nitrogen functional groups attached to an aromatic ring is 1. The molecule has 0 aliphatic carbocycles. The zero-order chi connectivity index (χ0) is 9.14. The van der Waals surface area contributed by atoms with Gasteiger partial charge in [0.2, 0.25) is 0 Å². The minimum atomic E-state index is -0.360. The van der Waals surface area contributed by atoms with E-state index in [-0.39, 0.29) is 5.97 Å². The van der Waals surface area contributed by atoms with Crippen LogP contribution in [0.2, 0.25) is 0 Å². The summed E-state index contributed by atoms with van der Waals surface area (Å²) in [4.78, 5) is 10.6. The van der Waals surface area contributed by atoms with E-state index in [4.69, 9.17) is 10.5 Å². The van der Waals surface area contributed by atoms with Crippen LogP contribution >= 0.6 is 15.9 Å². The van der Waals surface area contributed by atoms with Crippen LogP contribution < -0.4 is 10.5 Å². The number of nitrogens with two attached hydrogens (primary N) is 1. The summed E-state index contributed by atoms with van der Waals surface area (Å²) in [6.45, 7) is 1.34. The molecule has 0 aromatic heterocycles. The Labute approximate surface area is 78.6 Å². The molecule has 1 aromatic carbocycles. The summed E-state index contributed by atoms with van der Waals surface area (Å²) >= 11 is 3.23. The zero-order valence-electron chi connectivity index (χ0n) is 6.50. The first-order valence-corrected chi connectivity index (χ1v) is 4.12. The minimum Gasteiger partial charge on any atom is -0.425 e. The van der Waals surface area contributed by atoms with Gasteiger partial charge in [0.05, 0.1) is 4.47 Å². The molecule has 0 aliphatic rings. The van der Waals surface area contributed by atoms with Gasteiger partial charge in [0, 0.05) is 18.7 Å². The summed E-state index contributed by atoms with van der Waals surface area (Å²) in [5.74, 6) is 0.0869. The van der Waals surface area contributed by atoms with Gasteiger partial charge in [0.15, 0.2) is 0 Å². The number of anilines is 1. The van der Waals surface area contributed by atoms with Gasteiger partial charge in [-0.2, -0.15) is 0 Å². The van der Waals surface area contributed by atoms with Crippen LogP contribution in [0.15, 0.2) is 22.7 Å². The summed E-state index contributed by atoms with van der Waals surface area (Å²) in [5, 5.41) is 0. The molecule has 0 saturated carbocycles. The second-order valence-corrected chi connectivity index (χ2v) is 3.14. The smallest absolute Gasteiger partial charge is 0.308 e. The largest absolute Gasteiger partial charge is 0.425 e. The average Bonchev–Trinajstić information content (AvgIpc) is 1.96. The average molecular weight is 230 g/mol. The Morgan fingerprint density at radius 3 is 2.83 bits per heavy atom. The van der Waals surface area contributed by atoms with Crippen LogP contribution in [0.25, 0.3) is 0 Å².